The van der Waals surface area contributed by atoms with Gasteiger partial charge in [0.05, 0.1) is 11.3 Å². The average Bonchev–Trinajstić information content (AvgIpc) is 2.40. The van der Waals surface area contributed by atoms with E-state index in [1.807, 2.05) is 6.92 Å². The second-order valence-electron chi connectivity index (χ2n) is 5.55. The second kappa shape index (κ2) is 6.55. The minimum absolute atomic E-state index is 0.0174. The summed E-state index contributed by atoms with van der Waals surface area (Å²) in [5, 5.41) is 3.19. The van der Waals surface area contributed by atoms with E-state index in [9.17, 15) is 21.6 Å². The Balaban J connectivity index is 2.09. The molecule has 2 N–H and O–H groups in total. The van der Waals surface area contributed by atoms with Gasteiger partial charge >= 0.3 is 6.18 Å². The zero-order chi connectivity index (χ0) is 16.4. The zero-order valence-corrected chi connectivity index (χ0v) is 13.0. The van der Waals surface area contributed by atoms with Crippen LogP contribution < -0.4 is 10.0 Å². The summed E-state index contributed by atoms with van der Waals surface area (Å²) in [6, 6.07) is 4.63. The zero-order valence-electron chi connectivity index (χ0n) is 12.2. The maximum absolute atomic E-state index is 12.3. The molecule has 124 valence electrons. The average molecular weight is 336 g/mol. The maximum atomic E-state index is 12.3. The quantitative estimate of drug-likeness (QED) is 0.886. The number of sulfonamides is 1. The van der Waals surface area contributed by atoms with E-state index >= 15 is 0 Å². The van der Waals surface area contributed by atoms with Gasteiger partial charge in [-0.25, -0.2) is 13.1 Å². The summed E-state index contributed by atoms with van der Waals surface area (Å²) >= 11 is 0. The molecule has 1 fully saturated rings. The Morgan fingerprint density at radius 2 is 1.91 bits per heavy atom. The third kappa shape index (κ3) is 4.69. The molecule has 1 aliphatic heterocycles. The first-order valence-electron chi connectivity index (χ1n) is 7.09. The lowest BCUT2D eigenvalue weighted by Gasteiger charge is -2.30. The number of hydrogen-bond acceptors (Lipinski definition) is 3. The summed E-state index contributed by atoms with van der Waals surface area (Å²) in [5.41, 5.74) is 0.0409. The van der Waals surface area contributed by atoms with Gasteiger partial charge in [0.1, 0.15) is 0 Å². The van der Waals surface area contributed by atoms with Gasteiger partial charge in [-0.05, 0) is 44.0 Å². The smallest absolute Gasteiger partial charge is 0.313 e. The van der Waals surface area contributed by atoms with Crippen LogP contribution in [0.2, 0.25) is 0 Å². The second-order valence-corrected chi connectivity index (χ2v) is 7.26. The van der Waals surface area contributed by atoms with Crippen molar-refractivity contribution in [1.82, 2.24) is 10.0 Å². The lowest BCUT2D eigenvalue weighted by atomic mass is 10.0. The fourth-order valence-electron chi connectivity index (χ4n) is 2.49. The summed E-state index contributed by atoms with van der Waals surface area (Å²) in [6.07, 6.45) is -3.76. The van der Waals surface area contributed by atoms with E-state index < -0.39 is 22.6 Å². The van der Waals surface area contributed by atoms with E-state index in [1.165, 1.54) is 24.3 Å². The van der Waals surface area contributed by atoms with Gasteiger partial charge < -0.3 is 5.32 Å². The number of hydrogen-bond donors (Lipinski definition) is 2. The van der Waals surface area contributed by atoms with E-state index in [4.69, 9.17) is 0 Å². The number of halogens is 3. The summed E-state index contributed by atoms with van der Waals surface area (Å²) in [5.74, 6) is 0. The van der Waals surface area contributed by atoms with Crippen LogP contribution in [0.1, 0.15) is 25.3 Å². The minimum atomic E-state index is -4.30. The monoisotopic (exact) mass is 336 g/mol. The lowest BCUT2D eigenvalue weighted by Crippen LogP contribution is -2.51. The number of piperidine rings is 1. The van der Waals surface area contributed by atoms with Gasteiger partial charge in [0.25, 0.3) is 0 Å². The van der Waals surface area contributed by atoms with Crippen LogP contribution in [0.4, 0.5) is 13.2 Å². The molecular formula is C14H19F3N2O2S. The first kappa shape index (κ1) is 17.2. The van der Waals surface area contributed by atoms with Gasteiger partial charge in [-0.1, -0.05) is 12.1 Å². The maximum Gasteiger partial charge on any atom is 0.393 e. The third-order valence-electron chi connectivity index (χ3n) is 3.71. The van der Waals surface area contributed by atoms with Crippen LogP contribution in [0.25, 0.3) is 0 Å². The van der Waals surface area contributed by atoms with Crippen LogP contribution in [0.5, 0.6) is 0 Å². The molecule has 8 heteroatoms. The summed E-state index contributed by atoms with van der Waals surface area (Å²) in [6.45, 7) is 2.75. The van der Waals surface area contributed by atoms with Crippen LogP contribution in [0, 0.1) is 0 Å². The number of alkyl halides is 3. The lowest BCUT2D eigenvalue weighted by molar-refractivity contribution is -0.127. The van der Waals surface area contributed by atoms with Crippen molar-refractivity contribution in [1.29, 1.82) is 0 Å². The van der Waals surface area contributed by atoms with Crippen molar-refractivity contribution in [3.63, 3.8) is 0 Å². The molecule has 22 heavy (non-hydrogen) atoms. The Bertz CT molecular complexity index is 600. The van der Waals surface area contributed by atoms with Crippen LogP contribution in [0.3, 0.4) is 0 Å². The Kier molecular flexibility index (Phi) is 5.14. The van der Waals surface area contributed by atoms with Gasteiger partial charge in [0.2, 0.25) is 10.0 Å². The first-order valence-corrected chi connectivity index (χ1v) is 8.57. The van der Waals surface area contributed by atoms with E-state index in [-0.39, 0.29) is 22.5 Å². The minimum Gasteiger partial charge on any atom is -0.313 e. The first-order chi connectivity index (χ1) is 10.2. The summed E-state index contributed by atoms with van der Waals surface area (Å²) in [4.78, 5) is -0.0174. The molecule has 0 aromatic heterocycles. The predicted octanol–water partition coefficient (Wildman–Crippen LogP) is 2.21. The highest BCUT2D eigenvalue weighted by Crippen LogP contribution is 2.22. The van der Waals surface area contributed by atoms with Crippen LogP contribution in [-0.2, 0) is 16.4 Å². The molecule has 2 atom stereocenters. The largest absolute Gasteiger partial charge is 0.393 e. The molecule has 0 radical (unpaired) electrons. The highest BCUT2D eigenvalue weighted by Gasteiger charge is 2.29. The normalized spacial score (nSPS) is 23.5. The number of rotatable bonds is 4. The summed E-state index contributed by atoms with van der Waals surface area (Å²) < 4.78 is 64.1. The Labute approximate surface area is 128 Å². The van der Waals surface area contributed by atoms with E-state index in [0.717, 1.165) is 19.4 Å². The molecule has 0 saturated carbocycles. The Morgan fingerprint density at radius 1 is 1.27 bits per heavy atom. The van der Waals surface area contributed by atoms with Crippen molar-refractivity contribution in [3.8, 4) is 0 Å². The molecule has 1 heterocycles. The molecule has 1 aliphatic rings. The van der Waals surface area contributed by atoms with Crippen molar-refractivity contribution in [2.45, 2.75) is 49.3 Å². The molecule has 0 spiro atoms. The topological polar surface area (TPSA) is 58.2 Å². The molecule has 4 nitrogen and oxygen atoms in total. The Morgan fingerprint density at radius 3 is 2.45 bits per heavy atom. The Hall–Kier alpha value is -1.12. The molecule has 1 aromatic rings. The summed E-state index contributed by atoms with van der Waals surface area (Å²) in [7, 11) is -3.72. The number of nitrogens with one attached hydrogen (secondary N) is 2. The van der Waals surface area contributed by atoms with Gasteiger partial charge in [-0.3, -0.25) is 0 Å². The van der Waals surface area contributed by atoms with Crippen LogP contribution >= 0.6 is 0 Å². The highest BCUT2D eigenvalue weighted by molar-refractivity contribution is 7.89. The highest BCUT2D eigenvalue weighted by atomic mass is 32.2. The molecule has 1 saturated heterocycles. The molecule has 2 rings (SSSR count). The van der Waals surface area contributed by atoms with Crippen molar-refractivity contribution < 1.29 is 21.6 Å². The van der Waals surface area contributed by atoms with E-state index in [1.54, 1.807) is 0 Å². The fourth-order valence-corrected chi connectivity index (χ4v) is 3.84. The third-order valence-corrected chi connectivity index (χ3v) is 5.21. The van der Waals surface area contributed by atoms with Gasteiger partial charge in [0.15, 0.2) is 0 Å². The van der Waals surface area contributed by atoms with Gasteiger partial charge in [-0.2, -0.15) is 13.2 Å². The number of benzene rings is 1. The molecule has 0 bridgehead atoms. The van der Waals surface area contributed by atoms with E-state index in [2.05, 4.69) is 10.0 Å². The van der Waals surface area contributed by atoms with Crippen LogP contribution in [-0.4, -0.2) is 33.2 Å². The molecule has 0 aliphatic carbocycles. The SMILES string of the molecule is CC1NCCCC1NS(=O)(=O)c1ccc(CC(F)(F)F)cc1. The predicted molar refractivity (Wildman–Crippen MR) is 77.0 cm³/mol. The van der Waals surface area contributed by atoms with Crippen molar-refractivity contribution in [3.05, 3.63) is 29.8 Å². The standard InChI is InChI=1S/C14H19F3N2O2S/c1-10-13(3-2-8-18-10)19-22(20,21)12-6-4-11(5-7-12)9-14(15,16)17/h4-7,10,13,18-19H,2-3,8-9H2,1H3. The van der Waals surface area contributed by atoms with Crippen molar-refractivity contribution >= 4 is 10.0 Å². The molecule has 1 aromatic carbocycles. The van der Waals surface area contributed by atoms with Gasteiger partial charge in [0, 0.05) is 12.1 Å². The fraction of sp³-hybridized carbons (Fsp3) is 0.571. The van der Waals surface area contributed by atoms with Crippen molar-refractivity contribution in [2.24, 2.45) is 0 Å². The molecular weight excluding hydrogens is 317 g/mol. The van der Waals surface area contributed by atoms with Crippen molar-refractivity contribution in [2.75, 3.05) is 6.54 Å². The van der Waals surface area contributed by atoms with Gasteiger partial charge in [-0.15, -0.1) is 0 Å². The molecule has 2 unspecified atom stereocenters. The molecule has 0 amide bonds. The van der Waals surface area contributed by atoms with Crippen LogP contribution in [0.15, 0.2) is 29.2 Å². The van der Waals surface area contributed by atoms with E-state index in [0.29, 0.717) is 0 Å².